The van der Waals surface area contributed by atoms with Crippen molar-refractivity contribution in [2.75, 3.05) is 25.0 Å². The molecule has 40 heavy (non-hydrogen) atoms. The Bertz CT molecular complexity index is 1230. The van der Waals surface area contributed by atoms with Gasteiger partial charge >= 0.3 is 24.1 Å². The van der Waals surface area contributed by atoms with Crippen LogP contribution >= 0.6 is 0 Å². The third-order valence-corrected chi connectivity index (χ3v) is 6.54. The summed E-state index contributed by atoms with van der Waals surface area (Å²) in [5, 5.41) is 30.6. The first-order chi connectivity index (χ1) is 18.8. The lowest BCUT2D eigenvalue weighted by molar-refractivity contribution is -0.143. The summed E-state index contributed by atoms with van der Waals surface area (Å²) in [4.78, 5) is 55.0. The summed E-state index contributed by atoms with van der Waals surface area (Å²) < 4.78 is 39.8. The maximum absolute atomic E-state index is 13.3. The summed E-state index contributed by atoms with van der Waals surface area (Å²) in [5.74, 6) is -4.82. The molecular weight excluding hydrogens is 537 g/mol. The molecule has 1 heterocycles. The van der Waals surface area contributed by atoms with E-state index in [1.807, 2.05) is 0 Å². The van der Waals surface area contributed by atoms with Crippen molar-refractivity contribution in [3.8, 4) is 0 Å². The minimum Gasteiger partial charge on any atom is -0.480 e. The number of aromatic nitrogens is 1. The van der Waals surface area contributed by atoms with E-state index in [0.29, 0.717) is 37.1 Å². The van der Waals surface area contributed by atoms with Gasteiger partial charge in [-0.15, -0.1) is 0 Å². The molecule has 1 amide bonds. The van der Waals surface area contributed by atoms with Crippen LogP contribution in [0.3, 0.4) is 0 Å². The Hall–Kier alpha value is -4.04. The third-order valence-electron chi connectivity index (χ3n) is 6.54. The van der Waals surface area contributed by atoms with Gasteiger partial charge in [-0.05, 0) is 43.2 Å². The van der Waals surface area contributed by atoms with Crippen molar-refractivity contribution in [1.82, 2.24) is 14.8 Å². The van der Waals surface area contributed by atoms with Crippen LogP contribution in [0.4, 0.5) is 18.9 Å². The summed E-state index contributed by atoms with van der Waals surface area (Å²) in [6.45, 7) is -1.30. The van der Waals surface area contributed by atoms with Crippen LogP contribution in [0.5, 0.6) is 0 Å². The van der Waals surface area contributed by atoms with Gasteiger partial charge in [-0.2, -0.15) is 13.2 Å². The highest BCUT2D eigenvalue weighted by Gasteiger charge is 2.37. The number of aromatic carboxylic acids is 1. The SMILES string of the molecule is O=C(O)CN(CC(=O)Nc1cc(C(=O)O)cc(C(F)(F)F)c1)C1CCCC[C@@H]1N(CC(=O)O)Cc1ccccn1. The molecule has 14 heteroatoms. The molecule has 0 bridgehead atoms. The van der Waals surface area contributed by atoms with Crippen molar-refractivity contribution < 1.29 is 47.7 Å². The van der Waals surface area contributed by atoms with Crippen LogP contribution in [0.1, 0.15) is 47.3 Å². The molecule has 1 aromatic heterocycles. The molecule has 1 aliphatic carbocycles. The van der Waals surface area contributed by atoms with E-state index < -0.39 is 72.0 Å². The normalized spacial score (nSPS) is 17.5. The van der Waals surface area contributed by atoms with Crippen LogP contribution in [0, 0.1) is 0 Å². The minimum atomic E-state index is -4.86. The van der Waals surface area contributed by atoms with E-state index in [-0.39, 0.29) is 13.1 Å². The monoisotopic (exact) mass is 566 g/mol. The molecular formula is C26H29F3N4O7. The number of hydrogen-bond acceptors (Lipinski definition) is 7. The van der Waals surface area contributed by atoms with Gasteiger partial charge in [0.15, 0.2) is 0 Å². The molecule has 11 nitrogen and oxygen atoms in total. The molecule has 2 aromatic rings. The first-order valence-electron chi connectivity index (χ1n) is 12.4. The van der Waals surface area contributed by atoms with Crippen molar-refractivity contribution in [3.63, 3.8) is 0 Å². The zero-order valence-corrected chi connectivity index (χ0v) is 21.3. The second-order valence-electron chi connectivity index (χ2n) is 9.49. The number of rotatable bonds is 12. The van der Waals surface area contributed by atoms with Gasteiger partial charge in [-0.3, -0.25) is 29.2 Å². The average molecular weight is 567 g/mol. The van der Waals surface area contributed by atoms with Crippen molar-refractivity contribution in [2.24, 2.45) is 0 Å². The van der Waals surface area contributed by atoms with Gasteiger partial charge in [0.2, 0.25) is 5.91 Å². The second kappa shape index (κ2) is 13.3. The number of halogens is 3. The largest absolute Gasteiger partial charge is 0.480 e. The Balaban J connectivity index is 1.86. The Kier molecular flexibility index (Phi) is 10.2. The number of hydrogen-bond donors (Lipinski definition) is 4. The Labute approximate surface area is 227 Å². The van der Waals surface area contributed by atoms with Gasteiger partial charge in [0.1, 0.15) is 0 Å². The molecule has 0 saturated heterocycles. The first-order valence-corrected chi connectivity index (χ1v) is 12.4. The highest BCUT2D eigenvalue weighted by molar-refractivity contribution is 5.95. The molecule has 1 saturated carbocycles. The van der Waals surface area contributed by atoms with E-state index in [9.17, 15) is 47.7 Å². The highest BCUT2D eigenvalue weighted by Crippen LogP contribution is 2.32. The summed E-state index contributed by atoms with van der Waals surface area (Å²) in [6, 6.07) is 6.10. The molecule has 1 unspecified atom stereocenters. The first kappa shape index (κ1) is 30.5. The maximum Gasteiger partial charge on any atom is 0.416 e. The van der Waals surface area contributed by atoms with Gasteiger partial charge in [-0.1, -0.05) is 18.9 Å². The quantitative estimate of drug-likeness (QED) is 0.301. The van der Waals surface area contributed by atoms with E-state index in [4.69, 9.17) is 0 Å². The number of alkyl halides is 3. The van der Waals surface area contributed by atoms with Crippen LogP contribution in [0.25, 0.3) is 0 Å². The number of carbonyl (C=O) groups excluding carboxylic acids is 1. The molecule has 216 valence electrons. The lowest BCUT2D eigenvalue weighted by Gasteiger charge is -2.44. The van der Waals surface area contributed by atoms with E-state index in [2.05, 4.69) is 10.3 Å². The molecule has 4 N–H and O–H groups in total. The zero-order valence-electron chi connectivity index (χ0n) is 21.3. The minimum absolute atomic E-state index is 0.170. The van der Waals surface area contributed by atoms with Gasteiger partial charge in [0.05, 0.1) is 36.5 Å². The second-order valence-corrected chi connectivity index (χ2v) is 9.49. The Morgan fingerprint density at radius 1 is 0.900 bits per heavy atom. The number of nitrogens with one attached hydrogen (secondary N) is 1. The summed E-state index contributed by atoms with van der Waals surface area (Å²) >= 11 is 0. The lowest BCUT2D eigenvalue weighted by Crippen LogP contribution is -2.56. The molecule has 0 radical (unpaired) electrons. The van der Waals surface area contributed by atoms with Gasteiger partial charge in [0.25, 0.3) is 0 Å². The standard InChI is InChI=1S/C26H29F3N4O7/c27-26(28,29)17-9-16(25(39)40)10-19(11-17)31-22(34)13-33(15-24(37)38)21-7-2-1-6-20(21)32(14-23(35)36)12-18-5-3-4-8-30-18/h3-5,8-11,20-21H,1-2,6-7,12-15H2,(H,31,34)(H,35,36)(H,37,38)(H,39,40)/t20-,21?/m0/s1. The molecule has 1 aromatic carbocycles. The fraction of sp³-hybridized carbons (Fsp3) is 0.423. The molecule has 0 aliphatic heterocycles. The van der Waals surface area contributed by atoms with Gasteiger partial charge < -0.3 is 20.6 Å². The topological polar surface area (TPSA) is 160 Å². The predicted molar refractivity (Wildman–Crippen MR) is 135 cm³/mol. The van der Waals surface area contributed by atoms with Crippen LogP contribution in [-0.2, 0) is 27.1 Å². The van der Waals surface area contributed by atoms with Crippen molar-refractivity contribution in [2.45, 2.75) is 50.5 Å². The number of carboxylic acids is 3. The molecule has 1 aliphatic rings. The lowest BCUT2D eigenvalue weighted by atomic mass is 9.87. The smallest absolute Gasteiger partial charge is 0.416 e. The van der Waals surface area contributed by atoms with E-state index in [1.165, 1.54) is 4.90 Å². The number of benzene rings is 1. The van der Waals surface area contributed by atoms with E-state index in [1.54, 1.807) is 29.3 Å². The molecule has 3 rings (SSSR count). The molecule has 1 fully saturated rings. The molecule has 2 atom stereocenters. The van der Waals surface area contributed by atoms with Gasteiger partial charge in [-0.25, -0.2) is 4.79 Å². The number of amides is 1. The van der Waals surface area contributed by atoms with E-state index in [0.717, 1.165) is 12.5 Å². The van der Waals surface area contributed by atoms with Crippen LogP contribution in [0.15, 0.2) is 42.6 Å². The summed E-state index contributed by atoms with van der Waals surface area (Å²) in [5.41, 5.74) is -1.75. The van der Waals surface area contributed by atoms with Crippen LogP contribution in [0.2, 0.25) is 0 Å². The summed E-state index contributed by atoms with van der Waals surface area (Å²) in [6.07, 6.45) is -0.879. The number of carbonyl (C=O) groups is 4. The maximum atomic E-state index is 13.3. The number of anilines is 1. The van der Waals surface area contributed by atoms with E-state index >= 15 is 0 Å². The van der Waals surface area contributed by atoms with Crippen molar-refractivity contribution in [3.05, 3.63) is 59.4 Å². The highest BCUT2D eigenvalue weighted by atomic mass is 19.4. The van der Waals surface area contributed by atoms with Crippen molar-refractivity contribution in [1.29, 1.82) is 0 Å². The number of pyridine rings is 1. The molecule has 0 spiro atoms. The fourth-order valence-corrected chi connectivity index (χ4v) is 4.94. The van der Waals surface area contributed by atoms with Crippen LogP contribution < -0.4 is 5.32 Å². The number of nitrogens with zero attached hydrogens (tertiary/aromatic N) is 3. The number of carboxylic acid groups (broad SMARTS) is 3. The van der Waals surface area contributed by atoms with Gasteiger partial charge in [0, 0.05) is 30.5 Å². The predicted octanol–water partition coefficient (Wildman–Crippen LogP) is 3.02. The van der Waals surface area contributed by atoms with Crippen LogP contribution in [-0.4, -0.2) is 85.6 Å². The third kappa shape index (κ3) is 8.74. The fourth-order valence-electron chi connectivity index (χ4n) is 4.94. The number of aliphatic carboxylic acids is 2. The van der Waals surface area contributed by atoms with Crippen molar-refractivity contribution >= 4 is 29.5 Å². The Morgan fingerprint density at radius 3 is 2.08 bits per heavy atom. The summed E-state index contributed by atoms with van der Waals surface area (Å²) in [7, 11) is 0. The Morgan fingerprint density at radius 2 is 1.52 bits per heavy atom. The zero-order chi connectivity index (χ0) is 29.4. The average Bonchev–Trinajstić information content (AvgIpc) is 2.87.